The summed E-state index contributed by atoms with van der Waals surface area (Å²) >= 11 is 0. The molecule has 0 fully saturated rings. The highest BCUT2D eigenvalue weighted by Crippen LogP contribution is 2.39. The van der Waals surface area contributed by atoms with Crippen molar-refractivity contribution in [2.45, 2.75) is 0 Å². The SMILES string of the molecule is Cn1cc(-c2nc(-c3ccc(-c4[nH]c(-c5cn(C)c6ccccc56)nc4-c4ccccc4)cc3)c(-c3ccccc3)[nH]2)c2ccccc21. The van der Waals surface area contributed by atoms with Crippen molar-refractivity contribution < 1.29 is 0 Å². The number of aromatic amines is 2. The number of aromatic nitrogens is 6. The lowest BCUT2D eigenvalue weighted by Gasteiger charge is -2.06. The quantitative estimate of drug-likeness (QED) is 0.194. The molecule has 0 atom stereocenters. The number of para-hydroxylation sites is 2. The lowest BCUT2D eigenvalue weighted by Crippen LogP contribution is -1.86. The monoisotopic (exact) mass is 620 g/mol. The van der Waals surface area contributed by atoms with E-state index in [1.807, 2.05) is 12.1 Å². The molecule has 0 amide bonds. The maximum Gasteiger partial charge on any atom is 0.140 e. The molecule has 6 heteroatoms. The maximum atomic E-state index is 5.24. The Labute approximate surface area is 278 Å². The molecule has 0 bridgehead atoms. The Morgan fingerprint density at radius 1 is 0.417 bits per heavy atom. The Morgan fingerprint density at radius 3 is 1.29 bits per heavy atom. The largest absolute Gasteiger partial charge is 0.350 e. The lowest BCUT2D eigenvalue weighted by atomic mass is 10.0. The lowest BCUT2D eigenvalue weighted by molar-refractivity contribution is 0.969. The molecule has 5 aromatic carbocycles. The molecule has 0 aliphatic heterocycles. The molecule has 6 nitrogen and oxygen atoms in total. The fourth-order valence-electron chi connectivity index (χ4n) is 6.89. The summed E-state index contributed by atoms with van der Waals surface area (Å²) in [5.74, 6) is 1.70. The molecule has 0 spiro atoms. The Hall–Kier alpha value is -6.40. The van der Waals surface area contributed by atoms with Crippen molar-refractivity contribution in [1.82, 2.24) is 29.1 Å². The zero-order chi connectivity index (χ0) is 32.2. The smallest absolute Gasteiger partial charge is 0.140 e. The van der Waals surface area contributed by atoms with Gasteiger partial charge in [-0.1, -0.05) is 121 Å². The van der Waals surface area contributed by atoms with Gasteiger partial charge in [0.2, 0.25) is 0 Å². The number of hydrogen-bond acceptors (Lipinski definition) is 2. The predicted octanol–water partition coefficient (Wildman–Crippen LogP) is 10.1. The van der Waals surface area contributed by atoms with Gasteiger partial charge in [-0.15, -0.1) is 0 Å². The number of H-pyrrole nitrogens is 2. The van der Waals surface area contributed by atoms with E-state index in [0.717, 1.165) is 67.8 Å². The topological polar surface area (TPSA) is 67.2 Å². The van der Waals surface area contributed by atoms with Crippen molar-refractivity contribution >= 4 is 21.8 Å². The molecule has 9 aromatic rings. The van der Waals surface area contributed by atoms with E-state index in [2.05, 4.69) is 167 Å². The van der Waals surface area contributed by atoms with E-state index in [9.17, 15) is 0 Å². The van der Waals surface area contributed by atoms with Crippen LogP contribution in [0.15, 0.2) is 146 Å². The average molecular weight is 621 g/mol. The number of rotatable bonds is 6. The molecule has 0 saturated heterocycles. The first kappa shape index (κ1) is 27.9. The summed E-state index contributed by atoms with van der Waals surface area (Å²) < 4.78 is 4.32. The standard InChI is InChI=1S/C42H32N6/c1-47-25-33(31-17-9-11-19-35(31)47)41-43-37(27-13-5-3-6-14-27)39(45-41)29-21-23-30(24-22-29)40-38(28-15-7-4-8-16-28)44-42(46-40)34-26-48(2)36-20-12-10-18-32(34)36/h3-26H,1-2H3,(H,43,45)(H,44,46). The Morgan fingerprint density at radius 2 is 0.792 bits per heavy atom. The first-order chi connectivity index (χ1) is 23.6. The summed E-state index contributed by atoms with van der Waals surface area (Å²) in [4.78, 5) is 17.8. The predicted molar refractivity (Wildman–Crippen MR) is 196 cm³/mol. The average Bonchev–Trinajstić information content (AvgIpc) is 3.93. The molecule has 0 aliphatic carbocycles. The molecule has 4 aromatic heterocycles. The maximum absolute atomic E-state index is 5.24. The fourth-order valence-corrected chi connectivity index (χ4v) is 6.89. The van der Waals surface area contributed by atoms with Crippen molar-refractivity contribution in [2.75, 3.05) is 0 Å². The number of imidazole rings is 2. The molecule has 0 aliphatic rings. The van der Waals surface area contributed by atoms with Crippen LogP contribution in [0.2, 0.25) is 0 Å². The molecular weight excluding hydrogens is 589 g/mol. The third kappa shape index (κ3) is 4.57. The molecule has 0 radical (unpaired) electrons. The number of nitrogens with zero attached hydrogens (tertiary/aromatic N) is 4. The Balaban J connectivity index is 1.17. The molecule has 0 unspecified atom stereocenters. The minimum Gasteiger partial charge on any atom is -0.350 e. The fraction of sp³-hybridized carbons (Fsp3) is 0.0476. The van der Waals surface area contributed by atoms with E-state index in [0.29, 0.717) is 0 Å². The van der Waals surface area contributed by atoms with Crippen molar-refractivity contribution in [3.8, 4) is 67.8 Å². The normalized spacial score (nSPS) is 11.5. The Kier molecular flexibility index (Phi) is 6.47. The second kappa shape index (κ2) is 11.1. The van der Waals surface area contributed by atoms with Gasteiger partial charge < -0.3 is 19.1 Å². The first-order valence-electron chi connectivity index (χ1n) is 16.1. The van der Waals surface area contributed by atoms with Gasteiger partial charge >= 0.3 is 0 Å². The second-order valence-corrected chi connectivity index (χ2v) is 12.3. The highest BCUT2D eigenvalue weighted by Gasteiger charge is 2.21. The van der Waals surface area contributed by atoms with Crippen LogP contribution >= 0.6 is 0 Å². The van der Waals surface area contributed by atoms with Crippen LogP contribution in [0.25, 0.3) is 89.6 Å². The van der Waals surface area contributed by atoms with Crippen molar-refractivity contribution in [2.24, 2.45) is 14.1 Å². The van der Waals surface area contributed by atoms with Crippen molar-refractivity contribution in [1.29, 1.82) is 0 Å². The van der Waals surface area contributed by atoms with Crippen LogP contribution in [0.4, 0.5) is 0 Å². The van der Waals surface area contributed by atoms with Gasteiger partial charge in [-0.3, -0.25) is 0 Å². The highest BCUT2D eigenvalue weighted by atomic mass is 15.0. The minimum absolute atomic E-state index is 0.850. The summed E-state index contributed by atoms with van der Waals surface area (Å²) in [5, 5.41) is 2.34. The van der Waals surface area contributed by atoms with Crippen LogP contribution in [0.1, 0.15) is 0 Å². The molecule has 230 valence electrons. The van der Waals surface area contributed by atoms with Crippen molar-refractivity contribution in [3.63, 3.8) is 0 Å². The summed E-state index contributed by atoms with van der Waals surface area (Å²) in [6, 6.07) is 46.4. The van der Waals surface area contributed by atoms with Gasteiger partial charge in [0.05, 0.1) is 22.8 Å². The van der Waals surface area contributed by atoms with Crippen LogP contribution in [0, 0.1) is 0 Å². The Bertz CT molecular complexity index is 2380. The van der Waals surface area contributed by atoms with E-state index in [4.69, 9.17) is 9.97 Å². The zero-order valence-electron chi connectivity index (χ0n) is 26.6. The van der Waals surface area contributed by atoms with Gasteiger partial charge in [-0.25, -0.2) is 9.97 Å². The molecule has 4 heterocycles. The van der Waals surface area contributed by atoms with E-state index >= 15 is 0 Å². The number of benzene rings is 5. The number of nitrogens with one attached hydrogen (secondary N) is 2. The zero-order valence-corrected chi connectivity index (χ0v) is 26.6. The molecule has 48 heavy (non-hydrogen) atoms. The van der Waals surface area contributed by atoms with E-state index < -0.39 is 0 Å². The van der Waals surface area contributed by atoms with Crippen LogP contribution in [0.5, 0.6) is 0 Å². The van der Waals surface area contributed by atoms with E-state index in [1.165, 1.54) is 21.8 Å². The summed E-state index contributed by atoms with van der Waals surface area (Å²) in [6.07, 6.45) is 4.31. The first-order valence-corrected chi connectivity index (χ1v) is 16.1. The van der Waals surface area contributed by atoms with Gasteiger partial charge in [0.25, 0.3) is 0 Å². The number of hydrogen-bond donors (Lipinski definition) is 2. The minimum atomic E-state index is 0.850. The van der Waals surface area contributed by atoms with Gasteiger partial charge in [0.1, 0.15) is 11.6 Å². The van der Waals surface area contributed by atoms with Gasteiger partial charge in [-0.05, 0) is 12.1 Å². The highest BCUT2D eigenvalue weighted by molar-refractivity contribution is 5.97. The van der Waals surface area contributed by atoms with Gasteiger partial charge in [0, 0.05) is 81.7 Å². The van der Waals surface area contributed by atoms with E-state index in [1.54, 1.807) is 0 Å². The third-order valence-electron chi connectivity index (χ3n) is 9.27. The second-order valence-electron chi connectivity index (χ2n) is 12.3. The summed E-state index contributed by atoms with van der Waals surface area (Å²) in [6.45, 7) is 0. The van der Waals surface area contributed by atoms with E-state index in [-0.39, 0.29) is 0 Å². The molecule has 2 N–H and O–H groups in total. The van der Waals surface area contributed by atoms with Gasteiger partial charge in [0.15, 0.2) is 0 Å². The summed E-state index contributed by atoms with van der Waals surface area (Å²) in [5.41, 5.74) is 12.6. The van der Waals surface area contributed by atoms with Crippen LogP contribution in [-0.2, 0) is 14.1 Å². The number of aryl methyl sites for hydroxylation is 2. The van der Waals surface area contributed by atoms with Crippen LogP contribution < -0.4 is 0 Å². The molecule has 0 saturated carbocycles. The third-order valence-corrected chi connectivity index (χ3v) is 9.27. The van der Waals surface area contributed by atoms with Crippen LogP contribution in [0.3, 0.4) is 0 Å². The van der Waals surface area contributed by atoms with Gasteiger partial charge in [-0.2, -0.15) is 0 Å². The number of fused-ring (bicyclic) bond motifs is 2. The van der Waals surface area contributed by atoms with Crippen LogP contribution in [-0.4, -0.2) is 29.1 Å². The van der Waals surface area contributed by atoms with Crippen molar-refractivity contribution in [3.05, 3.63) is 146 Å². The summed E-state index contributed by atoms with van der Waals surface area (Å²) in [7, 11) is 4.16. The molecular formula is C42H32N6. The molecule has 9 rings (SSSR count).